The first-order valence-electron chi connectivity index (χ1n) is 9.32. The topological polar surface area (TPSA) is 36.0 Å². The van der Waals surface area contributed by atoms with Crippen molar-refractivity contribution in [2.45, 2.75) is 13.0 Å². The molecular weight excluding hydrogens is 326 g/mol. The molecule has 5 nitrogen and oxygen atoms in total. The number of piperazine rings is 1. The van der Waals surface area contributed by atoms with Gasteiger partial charge in [0, 0.05) is 31.9 Å². The summed E-state index contributed by atoms with van der Waals surface area (Å²) in [5.41, 5.74) is 3.71. The van der Waals surface area contributed by atoms with Gasteiger partial charge in [-0.25, -0.2) is 5.06 Å². The lowest BCUT2D eigenvalue weighted by Gasteiger charge is -2.36. The molecule has 0 bridgehead atoms. The van der Waals surface area contributed by atoms with Gasteiger partial charge in [-0.15, -0.1) is 0 Å². The molecule has 26 heavy (non-hydrogen) atoms. The van der Waals surface area contributed by atoms with E-state index in [2.05, 4.69) is 46.2 Å². The van der Waals surface area contributed by atoms with Crippen LogP contribution in [-0.2, 0) is 22.7 Å². The van der Waals surface area contributed by atoms with Gasteiger partial charge in [-0.05, 0) is 29.7 Å². The van der Waals surface area contributed by atoms with Crippen molar-refractivity contribution in [3.63, 3.8) is 0 Å². The minimum atomic E-state index is 0.0611. The SMILES string of the molecule is O=C(CN1CCN(c2ccccc2)CC1)N1CCc2ccccc2CO1. The molecule has 0 saturated carbocycles. The van der Waals surface area contributed by atoms with Gasteiger partial charge in [0.15, 0.2) is 0 Å². The number of carbonyl (C=O) groups is 1. The Labute approximate surface area is 154 Å². The van der Waals surface area contributed by atoms with Crippen LogP contribution in [0, 0.1) is 0 Å². The van der Waals surface area contributed by atoms with Crippen LogP contribution in [0.25, 0.3) is 0 Å². The smallest absolute Gasteiger partial charge is 0.260 e. The van der Waals surface area contributed by atoms with E-state index in [-0.39, 0.29) is 5.91 Å². The molecule has 2 aliphatic heterocycles. The summed E-state index contributed by atoms with van der Waals surface area (Å²) in [4.78, 5) is 23.0. The molecule has 2 heterocycles. The Kier molecular flexibility index (Phi) is 5.18. The van der Waals surface area contributed by atoms with E-state index in [4.69, 9.17) is 4.84 Å². The Morgan fingerprint density at radius 2 is 1.54 bits per heavy atom. The minimum Gasteiger partial charge on any atom is -0.369 e. The zero-order valence-corrected chi connectivity index (χ0v) is 15.0. The summed E-state index contributed by atoms with van der Waals surface area (Å²) >= 11 is 0. The van der Waals surface area contributed by atoms with E-state index in [0.717, 1.165) is 32.6 Å². The number of amides is 1. The van der Waals surface area contributed by atoms with Gasteiger partial charge in [0.25, 0.3) is 5.91 Å². The summed E-state index contributed by atoms with van der Waals surface area (Å²) in [6.45, 7) is 5.22. The van der Waals surface area contributed by atoms with Gasteiger partial charge >= 0.3 is 0 Å². The van der Waals surface area contributed by atoms with Gasteiger partial charge in [0.1, 0.15) is 6.61 Å². The number of hydroxylamine groups is 2. The van der Waals surface area contributed by atoms with Crippen molar-refractivity contribution in [2.24, 2.45) is 0 Å². The predicted molar refractivity (Wildman–Crippen MR) is 102 cm³/mol. The van der Waals surface area contributed by atoms with Crippen LogP contribution in [0.2, 0.25) is 0 Å². The van der Waals surface area contributed by atoms with Crippen LogP contribution in [0.15, 0.2) is 54.6 Å². The molecule has 0 unspecified atom stereocenters. The average molecular weight is 351 g/mol. The zero-order valence-electron chi connectivity index (χ0n) is 15.0. The molecule has 2 aromatic rings. The lowest BCUT2D eigenvalue weighted by Crippen LogP contribution is -2.50. The molecule has 0 radical (unpaired) electrons. The number of nitrogens with zero attached hydrogens (tertiary/aromatic N) is 3. The molecule has 4 rings (SSSR count). The minimum absolute atomic E-state index is 0.0611. The molecular formula is C21H25N3O2. The fourth-order valence-corrected chi connectivity index (χ4v) is 3.65. The van der Waals surface area contributed by atoms with Crippen molar-refractivity contribution in [3.8, 4) is 0 Å². The lowest BCUT2D eigenvalue weighted by molar-refractivity contribution is -0.190. The lowest BCUT2D eigenvalue weighted by atomic mass is 10.1. The van der Waals surface area contributed by atoms with E-state index >= 15 is 0 Å². The summed E-state index contributed by atoms with van der Waals surface area (Å²) in [5.74, 6) is 0.0611. The number of anilines is 1. The standard InChI is InChI=1S/C21H25N3O2/c25-21(24-11-10-18-6-4-5-7-19(18)17-26-24)16-22-12-14-23(15-13-22)20-8-2-1-3-9-20/h1-9H,10-17H2. The highest BCUT2D eigenvalue weighted by molar-refractivity contribution is 5.77. The first-order chi connectivity index (χ1) is 12.8. The van der Waals surface area contributed by atoms with Crippen molar-refractivity contribution in [3.05, 3.63) is 65.7 Å². The van der Waals surface area contributed by atoms with E-state index in [1.807, 2.05) is 18.2 Å². The number of rotatable bonds is 3. The largest absolute Gasteiger partial charge is 0.369 e. The molecule has 0 atom stereocenters. The molecule has 0 spiro atoms. The summed E-state index contributed by atoms with van der Waals surface area (Å²) in [6.07, 6.45) is 0.851. The van der Waals surface area contributed by atoms with Crippen molar-refractivity contribution in [2.75, 3.05) is 44.2 Å². The fraction of sp³-hybridized carbons (Fsp3) is 0.381. The molecule has 0 N–H and O–H groups in total. The third kappa shape index (κ3) is 3.89. The second-order valence-corrected chi connectivity index (χ2v) is 6.89. The maximum Gasteiger partial charge on any atom is 0.260 e. The summed E-state index contributed by atoms with van der Waals surface area (Å²) in [5, 5.41) is 1.56. The Balaban J connectivity index is 1.28. The van der Waals surface area contributed by atoms with E-state index in [1.54, 1.807) is 5.06 Å². The van der Waals surface area contributed by atoms with Crippen LogP contribution >= 0.6 is 0 Å². The Morgan fingerprint density at radius 3 is 2.31 bits per heavy atom. The molecule has 1 saturated heterocycles. The van der Waals surface area contributed by atoms with Gasteiger partial charge < -0.3 is 4.90 Å². The van der Waals surface area contributed by atoms with Gasteiger partial charge in [-0.2, -0.15) is 0 Å². The Morgan fingerprint density at radius 1 is 0.846 bits per heavy atom. The maximum atomic E-state index is 12.7. The zero-order chi connectivity index (χ0) is 17.8. The van der Waals surface area contributed by atoms with Crippen molar-refractivity contribution in [1.29, 1.82) is 0 Å². The van der Waals surface area contributed by atoms with Crippen LogP contribution in [0.5, 0.6) is 0 Å². The van der Waals surface area contributed by atoms with Crippen LogP contribution in [0.3, 0.4) is 0 Å². The normalized spacial score (nSPS) is 18.3. The Hall–Kier alpha value is -2.37. The van der Waals surface area contributed by atoms with E-state index in [9.17, 15) is 4.79 Å². The van der Waals surface area contributed by atoms with Crippen molar-refractivity contribution in [1.82, 2.24) is 9.96 Å². The highest BCUT2D eigenvalue weighted by atomic mass is 16.7. The number of hydrogen-bond donors (Lipinski definition) is 0. The van der Waals surface area contributed by atoms with E-state index in [1.165, 1.54) is 16.8 Å². The predicted octanol–water partition coefficient (Wildman–Crippen LogP) is 2.33. The highest BCUT2D eigenvalue weighted by Crippen LogP contribution is 2.18. The van der Waals surface area contributed by atoms with Gasteiger partial charge in [0.2, 0.25) is 0 Å². The number of hydrogen-bond acceptors (Lipinski definition) is 4. The van der Waals surface area contributed by atoms with E-state index < -0.39 is 0 Å². The molecule has 5 heteroatoms. The Bertz CT molecular complexity index is 715. The number of carbonyl (C=O) groups excluding carboxylic acids is 1. The van der Waals surface area contributed by atoms with Crippen molar-refractivity contribution >= 4 is 11.6 Å². The molecule has 0 aromatic heterocycles. The van der Waals surface area contributed by atoms with Crippen LogP contribution in [-0.4, -0.2) is 55.1 Å². The molecule has 1 fully saturated rings. The third-order valence-electron chi connectivity index (χ3n) is 5.21. The first-order valence-corrected chi connectivity index (χ1v) is 9.32. The summed E-state index contributed by atoms with van der Waals surface area (Å²) < 4.78 is 0. The third-order valence-corrected chi connectivity index (χ3v) is 5.21. The van der Waals surface area contributed by atoms with Gasteiger partial charge in [0.05, 0.1) is 13.1 Å². The highest BCUT2D eigenvalue weighted by Gasteiger charge is 2.24. The molecule has 0 aliphatic carbocycles. The quantitative estimate of drug-likeness (QED) is 0.850. The second kappa shape index (κ2) is 7.89. The molecule has 1 amide bonds. The molecule has 2 aliphatic rings. The van der Waals surface area contributed by atoms with Gasteiger partial charge in [-0.3, -0.25) is 14.5 Å². The number of fused-ring (bicyclic) bond motifs is 1. The van der Waals surface area contributed by atoms with Crippen LogP contribution < -0.4 is 4.90 Å². The number of para-hydroxylation sites is 1. The summed E-state index contributed by atoms with van der Waals surface area (Å²) in [7, 11) is 0. The van der Waals surface area contributed by atoms with E-state index in [0.29, 0.717) is 19.7 Å². The van der Waals surface area contributed by atoms with Crippen LogP contribution in [0.1, 0.15) is 11.1 Å². The summed E-state index contributed by atoms with van der Waals surface area (Å²) in [6, 6.07) is 18.7. The van der Waals surface area contributed by atoms with Crippen molar-refractivity contribution < 1.29 is 9.63 Å². The monoisotopic (exact) mass is 351 g/mol. The first kappa shape index (κ1) is 17.1. The number of benzene rings is 2. The van der Waals surface area contributed by atoms with Crippen LogP contribution in [0.4, 0.5) is 5.69 Å². The molecule has 136 valence electrons. The molecule has 2 aromatic carbocycles. The maximum absolute atomic E-state index is 12.7. The average Bonchev–Trinajstić information content (AvgIpc) is 2.92. The second-order valence-electron chi connectivity index (χ2n) is 6.89. The fourth-order valence-electron chi connectivity index (χ4n) is 3.65. The van der Waals surface area contributed by atoms with Gasteiger partial charge in [-0.1, -0.05) is 42.5 Å².